The Labute approximate surface area is 122 Å². The third kappa shape index (κ3) is 3.04. The Hall–Kier alpha value is -1.35. The second-order valence-corrected chi connectivity index (χ2v) is 5.79. The minimum Gasteiger partial charge on any atom is -0.335 e. The van der Waals surface area contributed by atoms with Gasteiger partial charge in [-0.05, 0) is 38.2 Å². The first kappa shape index (κ1) is 15.0. The van der Waals surface area contributed by atoms with Crippen LogP contribution in [0.4, 0.5) is 0 Å². The van der Waals surface area contributed by atoms with E-state index in [0.29, 0.717) is 12.6 Å². The minimum atomic E-state index is -0.0363. The number of benzene rings is 1. The Morgan fingerprint density at radius 3 is 2.65 bits per heavy atom. The van der Waals surface area contributed by atoms with Crippen LogP contribution >= 0.6 is 0 Å². The quantitative estimate of drug-likeness (QED) is 0.917. The molecule has 0 bridgehead atoms. The van der Waals surface area contributed by atoms with Crippen LogP contribution in [0.5, 0.6) is 0 Å². The molecular weight excluding hydrogens is 248 g/mol. The van der Waals surface area contributed by atoms with Gasteiger partial charge in [-0.3, -0.25) is 4.79 Å². The summed E-state index contributed by atoms with van der Waals surface area (Å²) in [4.78, 5) is 15.0. The number of carbonyl (C=O) groups excluding carboxylic acids is 1. The van der Waals surface area contributed by atoms with Crippen molar-refractivity contribution in [2.45, 2.75) is 57.5 Å². The first-order chi connectivity index (χ1) is 9.69. The lowest BCUT2D eigenvalue weighted by Gasteiger charge is -2.42. The van der Waals surface area contributed by atoms with Crippen LogP contribution in [-0.4, -0.2) is 29.4 Å². The Balaban J connectivity index is 2.22. The van der Waals surface area contributed by atoms with E-state index in [2.05, 4.69) is 30.9 Å². The van der Waals surface area contributed by atoms with E-state index in [1.807, 2.05) is 18.2 Å². The zero-order chi connectivity index (χ0) is 14.5. The molecule has 1 fully saturated rings. The van der Waals surface area contributed by atoms with Crippen molar-refractivity contribution < 1.29 is 4.79 Å². The van der Waals surface area contributed by atoms with E-state index in [9.17, 15) is 4.79 Å². The summed E-state index contributed by atoms with van der Waals surface area (Å²) in [5.74, 6) is 0.215. The molecule has 3 atom stereocenters. The number of nitrogens with zero attached hydrogens (tertiary/aromatic N) is 1. The van der Waals surface area contributed by atoms with Gasteiger partial charge < -0.3 is 10.6 Å². The molecule has 1 saturated heterocycles. The fourth-order valence-corrected chi connectivity index (χ4v) is 3.33. The molecule has 3 unspecified atom stereocenters. The molecule has 110 valence electrons. The number of piperidine rings is 1. The Morgan fingerprint density at radius 2 is 2.05 bits per heavy atom. The lowest BCUT2D eigenvalue weighted by Crippen LogP contribution is -2.53. The number of likely N-dealkylation sites (tertiary alicyclic amines) is 1. The SMILES string of the molecule is CCC(C(=O)N1C(C)CCCC1CN)c1ccccc1. The highest BCUT2D eigenvalue weighted by Gasteiger charge is 2.34. The zero-order valence-electron chi connectivity index (χ0n) is 12.6. The molecule has 0 spiro atoms. The fourth-order valence-electron chi connectivity index (χ4n) is 3.33. The molecule has 2 N–H and O–H groups in total. The molecule has 0 aliphatic carbocycles. The zero-order valence-corrected chi connectivity index (χ0v) is 12.6. The topological polar surface area (TPSA) is 46.3 Å². The summed E-state index contributed by atoms with van der Waals surface area (Å²) in [5, 5.41) is 0. The largest absolute Gasteiger partial charge is 0.335 e. The number of carbonyl (C=O) groups is 1. The van der Waals surface area contributed by atoms with Gasteiger partial charge in [-0.2, -0.15) is 0 Å². The molecule has 1 aromatic carbocycles. The van der Waals surface area contributed by atoms with Crippen LogP contribution in [0, 0.1) is 0 Å². The number of nitrogens with two attached hydrogens (primary N) is 1. The maximum Gasteiger partial charge on any atom is 0.230 e. The van der Waals surface area contributed by atoms with Crippen molar-refractivity contribution in [2.75, 3.05) is 6.54 Å². The third-order valence-corrected chi connectivity index (χ3v) is 4.46. The van der Waals surface area contributed by atoms with Crippen LogP contribution in [0.15, 0.2) is 30.3 Å². The smallest absolute Gasteiger partial charge is 0.230 e. The molecule has 0 radical (unpaired) electrons. The fraction of sp³-hybridized carbons (Fsp3) is 0.588. The van der Waals surface area contributed by atoms with Crippen molar-refractivity contribution in [1.29, 1.82) is 0 Å². The van der Waals surface area contributed by atoms with Gasteiger partial charge in [-0.25, -0.2) is 0 Å². The van der Waals surface area contributed by atoms with Crippen LogP contribution in [0.2, 0.25) is 0 Å². The summed E-state index contributed by atoms with van der Waals surface area (Å²) in [5.41, 5.74) is 7.00. The summed E-state index contributed by atoms with van der Waals surface area (Å²) in [6, 6.07) is 10.6. The average molecular weight is 274 g/mol. The molecule has 3 heteroatoms. The van der Waals surface area contributed by atoms with Crippen molar-refractivity contribution in [3.05, 3.63) is 35.9 Å². The van der Waals surface area contributed by atoms with E-state index in [1.165, 1.54) is 6.42 Å². The second kappa shape index (κ2) is 6.89. The second-order valence-electron chi connectivity index (χ2n) is 5.79. The van der Waals surface area contributed by atoms with Crippen molar-refractivity contribution in [3.8, 4) is 0 Å². The first-order valence-corrected chi connectivity index (χ1v) is 7.76. The predicted octanol–water partition coefficient (Wildman–Crippen LogP) is 2.91. The Morgan fingerprint density at radius 1 is 1.35 bits per heavy atom. The summed E-state index contributed by atoms with van der Waals surface area (Å²) >= 11 is 0. The first-order valence-electron chi connectivity index (χ1n) is 7.76. The highest BCUT2D eigenvalue weighted by molar-refractivity contribution is 5.84. The normalized spacial score (nSPS) is 24.4. The molecule has 3 nitrogen and oxygen atoms in total. The highest BCUT2D eigenvalue weighted by atomic mass is 16.2. The van der Waals surface area contributed by atoms with Crippen molar-refractivity contribution in [1.82, 2.24) is 4.90 Å². The Bertz CT molecular complexity index is 432. The van der Waals surface area contributed by atoms with Gasteiger partial charge in [0, 0.05) is 18.6 Å². The van der Waals surface area contributed by atoms with Gasteiger partial charge in [0.1, 0.15) is 0 Å². The standard InChI is InChI=1S/C17H26N2O/c1-3-16(14-9-5-4-6-10-14)17(20)19-13(2)8-7-11-15(19)12-18/h4-6,9-10,13,15-16H,3,7-8,11-12,18H2,1-2H3. The van der Waals surface area contributed by atoms with Gasteiger partial charge in [-0.1, -0.05) is 37.3 Å². The van der Waals surface area contributed by atoms with Crippen LogP contribution in [0.25, 0.3) is 0 Å². The summed E-state index contributed by atoms with van der Waals surface area (Å²) in [6.45, 7) is 4.81. The van der Waals surface area contributed by atoms with E-state index in [-0.39, 0.29) is 17.9 Å². The molecule has 20 heavy (non-hydrogen) atoms. The summed E-state index contributed by atoms with van der Waals surface area (Å²) < 4.78 is 0. The number of hydrogen-bond donors (Lipinski definition) is 1. The molecule has 0 aromatic heterocycles. The number of rotatable bonds is 4. The van der Waals surface area contributed by atoms with Crippen LogP contribution in [0.1, 0.15) is 51.0 Å². The van der Waals surface area contributed by atoms with Gasteiger partial charge in [0.05, 0.1) is 5.92 Å². The predicted molar refractivity (Wildman–Crippen MR) is 82.5 cm³/mol. The van der Waals surface area contributed by atoms with Gasteiger partial charge in [0.15, 0.2) is 0 Å². The molecule has 1 aliphatic heterocycles. The third-order valence-electron chi connectivity index (χ3n) is 4.46. The molecule has 2 rings (SSSR count). The Kier molecular flexibility index (Phi) is 5.18. The van der Waals surface area contributed by atoms with E-state index in [1.54, 1.807) is 0 Å². The summed E-state index contributed by atoms with van der Waals surface area (Å²) in [6.07, 6.45) is 4.14. The average Bonchev–Trinajstić information content (AvgIpc) is 2.48. The van der Waals surface area contributed by atoms with Crippen molar-refractivity contribution in [3.63, 3.8) is 0 Å². The molecule has 0 saturated carbocycles. The van der Waals surface area contributed by atoms with Gasteiger partial charge in [-0.15, -0.1) is 0 Å². The monoisotopic (exact) mass is 274 g/mol. The van der Waals surface area contributed by atoms with E-state index < -0.39 is 0 Å². The molecule has 1 aromatic rings. The van der Waals surface area contributed by atoms with Crippen LogP contribution < -0.4 is 5.73 Å². The molecular formula is C17H26N2O. The number of hydrogen-bond acceptors (Lipinski definition) is 2. The van der Waals surface area contributed by atoms with Crippen LogP contribution in [-0.2, 0) is 4.79 Å². The maximum atomic E-state index is 13.0. The lowest BCUT2D eigenvalue weighted by molar-refractivity contribution is -0.139. The van der Waals surface area contributed by atoms with E-state index in [4.69, 9.17) is 5.73 Å². The molecule has 1 heterocycles. The van der Waals surface area contributed by atoms with E-state index in [0.717, 1.165) is 24.8 Å². The van der Waals surface area contributed by atoms with Crippen LogP contribution in [0.3, 0.4) is 0 Å². The molecule has 1 aliphatic rings. The van der Waals surface area contributed by atoms with E-state index >= 15 is 0 Å². The van der Waals surface area contributed by atoms with Crippen molar-refractivity contribution in [2.24, 2.45) is 5.73 Å². The lowest BCUT2D eigenvalue weighted by atomic mass is 9.90. The summed E-state index contributed by atoms with van der Waals surface area (Å²) in [7, 11) is 0. The highest BCUT2D eigenvalue weighted by Crippen LogP contribution is 2.29. The van der Waals surface area contributed by atoms with Gasteiger partial charge in [0.25, 0.3) is 0 Å². The van der Waals surface area contributed by atoms with Crippen molar-refractivity contribution >= 4 is 5.91 Å². The molecule has 1 amide bonds. The van der Waals surface area contributed by atoms with Gasteiger partial charge in [0.2, 0.25) is 5.91 Å². The van der Waals surface area contributed by atoms with Gasteiger partial charge >= 0.3 is 0 Å². The number of amides is 1. The minimum absolute atomic E-state index is 0.0363. The maximum absolute atomic E-state index is 13.0.